The molecule has 0 aliphatic rings. The molecule has 7 nitrogen and oxygen atoms in total. The molecule has 5 rings (SSSR count). The number of carbonyl (C=O) groups is 2. The van der Waals surface area contributed by atoms with Crippen molar-refractivity contribution in [2.75, 3.05) is 23.7 Å². The Morgan fingerprint density at radius 2 is 1.55 bits per heavy atom. The first-order valence-electron chi connectivity index (χ1n) is 13.4. The molecule has 2 aromatic carbocycles. The lowest BCUT2D eigenvalue weighted by atomic mass is 10.0. The SMILES string of the molecule is Cc1cc(C)nc(CNCCNc2ccc(NC(=O)C(=O)c3c(-c4ccccc4)cc4cccc(C)n34)cc2)c1. The highest BCUT2D eigenvalue weighted by Crippen LogP contribution is 2.29. The molecule has 40 heavy (non-hydrogen) atoms. The molecule has 0 saturated heterocycles. The number of nitrogens with zero attached hydrogens (tertiary/aromatic N) is 2. The highest BCUT2D eigenvalue weighted by atomic mass is 16.2. The number of amides is 1. The number of ketones is 1. The maximum absolute atomic E-state index is 13.5. The number of rotatable bonds is 10. The lowest BCUT2D eigenvalue weighted by Crippen LogP contribution is -2.25. The molecule has 0 unspecified atom stereocenters. The minimum atomic E-state index is -0.676. The molecule has 0 aliphatic carbocycles. The lowest BCUT2D eigenvalue weighted by Gasteiger charge is -2.11. The standard InChI is InChI=1S/C33H33N5O2/c1-22-18-23(2)36-28(19-22)21-34-16-17-35-26-12-14-27(15-13-26)37-33(40)32(39)31-30(25-9-5-4-6-10-25)20-29-11-7-8-24(3)38(29)31/h4-15,18-20,34-35H,16-17,21H2,1-3H3,(H,37,40). The quantitative estimate of drug-likeness (QED) is 0.118. The van der Waals surface area contributed by atoms with Gasteiger partial charge in [-0.05, 0) is 86.5 Å². The first kappa shape index (κ1) is 26.8. The zero-order valence-corrected chi connectivity index (χ0v) is 23.0. The van der Waals surface area contributed by atoms with Gasteiger partial charge in [0.1, 0.15) is 5.69 Å². The number of aromatic nitrogens is 2. The zero-order chi connectivity index (χ0) is 28.1. The van der Waals surface area contributed by atoms with Crippen molar-refractivity contribution in [2.24, 2.45) is 0 Å². The Morgan fingerprint density at radius 3 is 2.30 bits per heavy atom. The Bertz CT molecular complexity index is 1640. The molecule has 0 bridgehead atoms. The van der Waals surface area contributed by atoms with Gasteiger partial charge in [-0.2, -0.15) is 0 Å². The third-order valence-corrected chi connectivity index (χ3v) is 6.72. The largest absolute Gasteiger partial charge is 0.384 e. The molecule has 0 aliphatic heterocycles. The maximum atomic E-state index is 13.5. The smallest absolute Gasteiger partial charge is 0.298 e. The first-order valence-corrected chi connectivity index (χ1v) is 13.4. The van der Waals surface area contributed by atoms with E-state index in [1.54, 1.807) is 12.1 Å². The summed E-state index contributed by atoms with van der Waals surface area (Å²) in [6.07, 6.45) is 0. The summed E-state index contributed by atoms with van der Waals surface area (Å²) in [4.78, 5) is 31.2. The van der Waals surface area contributed by atoms with E-state index in [4.69, 9.17) is 0 Å². The minimum Gasteiger partial charge on any atom is -0.384 e. The molecule has 0 spiro atoms. The van der Waals surface area contributed by atoms with Crippen molar-refractivity contribution in [2.45, 2.75) is 27.3 Å². The number of hydrogen-bond donors (Lipinski definition) is 3. The highest BCUT2D eigenvalue weighted by Gasteiger charge is 2.25. The van der Waals surface area contributed by atoms with Gasteiger partial charge in [0, 0.05) is 53.5 Å². The van der Waals surface area contributed by atoms with E-state index in [0.29, 0.717) is 17.9 Å². The van der Waals surface area contributed by atoms with E-state index < -0.39 is 11.7 Å². The Kier molecular flexibility index (Phi) is 8.03. The summed E-state index contributed by atoms with van der Waals surface area (Å²) in [7, 11) is 0. The van der Waals surface area contributed by atoms with Gasteiger partial charge in [0.15, 0.2) is 0 Å². The maximum Gasteiger partial charge on any atom is 0.298 e. The molecule has 7 heteroatoms. The van der Waals surface area contributed by atoms with E-state index in [1.165, 1.54) is 5.56 Å². The molecular weight excluding hydrogens is 498 g/mol. The average molecular weight is 532 g/mol. The minimum absolute atomic E-state index is 0.360. The Hall–Kier alpha value is -4.75. The number of anilines is 2. The summed E-state index contributed by atoms with van der Waals surface area (Å²) in [6, 6.07) is 29.0. The summed E-state index contributed by atoms with van der Waals surface area (Å²) in [6.45, 7) is 8.23. The van der Waals surface area contributed by atoms with Crippen LogP contribution in [-0.2, 0) is 11.3 Å². The summed E-state index contributed by atoms with van der Waals surface area (Å²) >= 11 is 0. The van der Waals surface area contributed by atoms with Gasteiger partial charge in [-0.15, -0.1) is 0 Å². The third kappa shape index (κ3) is 6.11. The third-order valence-electron chi connectivity index (χ3n) is 6.72. The lowest BCUT2D eigenvalue weighted by molar-refractivity contribution is -0.112. The Morgan fingerprint density at radius 1 is 0.800 bits per heavy atom. The number of carbonyl (C=O) groups excluding carboxylic acids is 2. The molecule has 0 radical (unpaired) electrons. The summed E-state index contributed by atoms with van der Waals surface area (Å²) in [5.74, 6) is -1.26. The first-order chi connectivity index (χ1) is 19.4. The fourth-order valence-corrected chi connectivity index (χ4v) is 4.95. The number of benzene rings is 2. The van der Waals surface area contributed by atoms with Crippen LogP contribution >= 0.6 is 0 Å². The fraction of sp³-hybridized carbons (Fsp3) is 0.182. The van der Waals surface area contributed by atoms with Crippen molar-refractivity contribution in [3.8, 4) is 11.1 Å². The van der Waals surface area contributed by atoms with Crippen LogP contribution in [0.4, 0.5) is 11.4 Å². The Labute approximate surface area is 234 Å². The number of Topliss-reactive ketones (excluding diaryl/α,β-unsaturated/α-hetero) is 1. The number of hydrogen-bond acceptors (Lipinski definition) is 5. The highest BCUT2D eigenvalue weighted by molar-refractivity contribution is 6.47. The number of pyridine rings is 2. The van der Waals surface area contributed by atoms with Crippen LogP contribution in [0.2, 0.25) is 0 Å². The molecule has 3 heterocycles. The normalized spacial score (nSPS) is 11.0. The molecular formula is C33H33N5O2. The van der Waals surface area contributed by atoms with E-state index >= 15 is 0 Å². The molecule has 0 atom stereocenters. The number of fused-ring (bicyclic) bond motifs is 1. The second kappa shape index (κ2) is 12.0. The van der Waals surface area contributed by atoms with Crippen LogP contribution < -0.4 is 16.0 Å². The van der Waals surface area contributed by atoms with E-state index in [0.717, 1.165) is 52.5 Å². The molecule has 202 valence electrons. The number of nitrogens with one attached hydrogen (secondary N) is 3. The average Bonchev–Trinajstić information content (AvgIpc) is 3.34. The van der Waals surface area contributed by atoms with Crippen LogP contribution in [0.3, 0.4) is 0 Å². The predicted molar refractivity (Wildman–Crippen MR) is 161 cm³/mol. The van der Waals surface area contributed by atoms with Crippen LogP contribution in [0.15, 0.2) is 91.0 Å². The van der Waals surface area contributed by atoms with Crippen molar-refractivity contribution in [3.05, 3.63) is 119 Å². The van der Waals surface area contributed by atoms with Crippen LogP contribution in [0.25, 0.3) is 16.6 Å². The van der Waals surface area contributed by atoms with Crippen molar-refractivity contribution in [1.29, 1.82) is 0 Å². The molecule has 0 fully saturated rings. The van der Waals surface area contributed by atoms with E-state index in [1.807, 2.05) is 85.0 Å². The molecule has 3 aromatic heterocycles. The van der Waals surface area contributed by atoms with E-state index in [-0.39, 0.29) is 0 Å². The van der Waals surface area contributed by atoms with E-state index in [2.05, 4.69) is 40.0 Å². The monoisotopic (exact) mass is 531 g/mol. The van der Waals surface area contributed by atoms with Gasteiger partial charge in [0.25, 0.3) is 11.7 Å². The van der Waals surface area contributed by atoms with E-state index in [9.17, 15) is 9.59 Å². The van der Waals surface area contributed by atoms with Crippen LogP contribution in [-0.4, -0.2) is 34.2 Å². The molecule has 1 amide bonds. The summed E-state index contributed by atoms with van der Waals surface area (Å²) in [5, 5.41) is 9.54. The molecule has 5 aromatic rings. The second-order valence-corrected chi connectivity index (χ2v) is 9.94. The van der Waals surface area contributed by atoms with Gasteiger partial charge in [-0.1, -0.05) is 36.4 Å². The van der Waals surface area contributed by atoms with Crippen LogP contribution in [0, 0.1) is 20.8 Å². The topological polar surface area (TPSA) is 87.5 Å². The zero-order valence-electron chi connectivity index (χ0n) is 23.0. The predicted octanol–water partition coefficient (Wildman–Crippen LogP) is 5.95. The second-order valence-electron chi connectivity index (χ2n) is 9.94. The summed E-state index contributed by atoms with van der Waals surface area (Å²) in [5.41, 5.74) is 8.48. The van der Waals surface area contributed by atoms with Crippen molar-refractivity contribution < 1.29 is 9.59 Å². The van der Waals surface area contributed by atoms with Gasteiger partial charge < -0.3 is 20.4 Å². The van der Waals surface area contributed by atoms with Crippen molar-refractivity contribution >= 4 is 28.6 Å². The van der Waals surface area contributed by atoms with Gasteiger partial charge in [0.05, 0.1) is 5.69 Å². The van der Waals surface area contributed by atoms with Gasteiger partial charge in [-0.3, -0.25) is 14.6 Å². The fourth-order valence-electron chi connectivity index (χ4n) is 4.95. The van der Waals surface area contributed by atoms with Gasteiger partial charge in [0.2, 0.25) is 0 Å². The molecule has 3 N–H and O–H groups in total. The summed E-state index contributed by atoms with van der Waals surface area (Å²) < 4.78 is 1.85. The Balaban J connectivity index is 1.21. The molecule has 0 saturated carbocycles. The number of aryl methyl sites for hydroxylation is 3. The van der Waals surface area contributed by atoms with Crippen molar-refractivity contribution in [1.82, 2.24) is 14.7 Å². The van der Waals surface area contributed by atoms with Gasteiger partial charge >= 0.3 is 0 Å². The van der Waals surface area contributed by atoms with Crippen LogP contribution in [0.5, 0.6) is 0 Å². The van der Waals surface area contributed by atoms with Crippen molar-refractivity contribution in [3.63, 3.8) is 0 Å². The van der Waals surface area contributed by atoms with Gasteiger partial charge in [-0.25, -0.2) is 0 Å². The van der Waals surface area contributed by atoms with Crippen LogP contribution in [0.1, 0.15) is 33.1 Å².